The van der Waals surface area contributed by atoms with Crippen LogP contribution in [0.1, 0.15) is 0 Å². The molecule has 0 spiro atoms. The van der Waals surface area contributed by atoms with Gasteiger partial charge in [0, 0.05) is 0 Å². The maximum absolute atomic E-state index is 10.0. The zero-order valence-electron chi connectivity index (χ0n) is 3.34. The van der Waals surface area contributed by atoms with Crippen molar-refractivity contribution in [1.82, 2.24) is 4.72 Å². The zero-order valence-corrected chi connectivity index (χ0v) is 4.16. The second-order valence-corrected chi connectivity index (χ2v) is 1.93. The molecule has 7 heavy (non-hydrogen) atoms. The summed E-state index contributed by atoms with van der Waals surface area (Å²) >= 11 is -1.55. The van der Waals surface area contributed by atoms with Crippen LogP contribution in [0.25, 0.3) is 0 Å². The van der Waals surface area contributed by atoms with Gasteiger partial charge in [-0.1, -0.05) is 0 Å². The molecule has 40 valence electrons. The van der Waals surface area contributed by atoms with E-state index in [0.717, 1.165) is 0 Å². The van der Waals surface area contributed by atoms with Crippen LogP contribution >= 0.6 is 0 Å². The van der Waals surface area contributed by atoms with Crippen LogP contribution in [0, 0.1) is 0 Å². The molecule has 1 aliphatic rings. The molecule has 0 radical (unpaired) electrons. The minimum absolute atomic E-state index is 0.0768. The minimum Gasteiger partial charge on any atom is -0.271 e. The number of amides is 1. The van der Waals surface area contributed by atoms with E-state index in [9.17, 15) is 9.00 Å². The predicted molar refractivity (Wildman–Crippen MR) is 22.2 cm³/mol. The molecule has 0 bridgehead atoms. The molecule has 1 heterocycles. The average Bonchev–Trinajstić information content (AvgIpc) is 1.87. The Morgan fingerprint density at radius 1 is 1.86 bits per heavy atom. The summed E-state index contributed by atoms with van der Waals surface area (Å²) in [7, 11) is 0. The Labute approximate surface area is 42.6 Å². The van der Waals surface area contributed by atoms with Gasteiger partial charge < -0.3 is 0 Å². The molecule has 0 saturated carbocycles. The molecule has 1 fully saturated rings. The summed E-state index contributed by atoms with van der Waals surface area (Å²) in [6.07, 6.45) is 0. The molecule has 1 N–H and O–H groups in total. The molecule has 1 unspecified atom stereocenters. The van der Waals surface area contributed by atoms with E-state index in [-0.39, 0.29) is 12.5 Å². The first kappa shape index (κ1) is 4.73. The van der Waals surface area contributed by atoms with E-state index in [0.29, 0.717) is 0 Å². The van der Waals surface area contributed by atoms with Crippen LogP contribution in [0.4, 0.5) is 0 Å². The molecule has 0 aromatic rings. The van der Waals surface area contributed by atoms with Gasteiger partial charge in [-0.2, -0.15) is 0 Å². The summed E-state index contributed by atoms with van der Waals surface area (Å²) in [5, 5.41) is 0. The first-order chi connectivity index (χ1) is 3.29. The van der Waals surface area contributed by atoms with Crippen molar-refractivity contribution in [3.05, 3.63) is 0 Å². The largest absolute Gasteiger partial charge is 0.271 e. The Balaban J connectivity index is 2.55. The lowest BCUT2D eigenvalue weighted by Crippen LogP contribution is -2.15. The molecule has 0 aromatic carbocycles. The predicted octanol–water partition coefficient (Wildman–Crippen LogP) is -1.29. The lowest BCUT2D eigenvalue weighted by molar-refractivity contribution is -0.119. The minimum atomic E-state index is -1.55. The summed E-state index contributed by atoms with van der Waals surface area (Å²) < 4.78 is 16.3. The van der Waals surface area contributed by atoms with Gasteiger partial charge in [-0.25, -0.2) is 8.93 Å². The summed E-state index contributed by atoms with van der Waals surface area (Å²) in [4.78, 5) is 10.0. The Morgan fingerprint density at radius 3 is 2.71 bits per heavy atom. The van der Waals surface area contributed by atoms with Gasteiger partial charge >= 0.3 is 0 Å². The van der Waals surface area contributed by atoms with Gasteiger partial charge in [-0.15, -0.1) is 0 Å². The van der Waals surface area contributed by atoms with Gasteiger partial charge in [0.25, 0.3) is 17.2 Å². The third kappa shape index (κ3) is 0.971. The van der Waals surface area contributed by atoms with Crippen LogP contribution in [0.2, 0.25) is 0 Å². The summed E-state index contributed by atoms with van der Waals surface area (Å²) in [6, 6.07) is 0. The van der Waals surface area contributed by atoms with E-state index < -0.39 is 11.3 Å². The van der Waals surface area contributed by atoms with E-state index in [1.807, 2.05) is 4.72 Å². The molecule has 1 rings (SSSR count). The van der Waals surface area contributed by atoms with Gasteiger partial charge in [0.1, 0.15) is 6.61 Å². The Bertz CT molecular complexity index is 108. The highest BCUT2D eigenvalue weighted by Crippen LogP contribution is 1.88. The highest BCUT2D eigenvalue weighted by molar-refractivity contribution is 7.79. The SMILES string of the molecule is O=C1COS(=O)N1. The highest BCUT2D eigenvalue weighted by Gasteiger charge is 2.15. The molecule has 0 aliphatic carbocycles. The van der Waals surface area contributed by atoms with E-state index >= 15 is 0 Å². The van der Waals surface area contributed by atoms with Crippen molar-refractivity contribution in [1.29, 1.82) is 0 Å². The molecule has 1 amide bonds. The second-order valence-electron chi connectivity index (χ2n) is 1.02. The Hall–Kier alpha value is -0.420. The van der Waals surface area contributed by atoms with Crippen LogP contribution in [0.15, 0.2) is 0 Å². The third-order valence-electron chi connectivity index (χ3n) is 0.494. The zero-order chi connectivity index (χ0) is 5.28. The number of rotatable bonds is 0. The molecule has 1 aliphatic heterocycles. The van der Waals surface area contributed by atoms with Crippen molar-refractivity contribution >= 4 is 17.2 Å². The van der Waals surface area contributed by atoms with Crippen molar-refractivity contribution in [3.8, 4) is 0 Å². The summed E-state index contributed by atoms with van der Waals surface area (Å²) in [5.74, 6) is -0.321. The maximum atomic E-state index is 10.0. The van der Waals surface area contributed by atoms with Crippen LogP contribution in [0.3, 0.4) is 0 Å². The number of carbonyl (C=O) groups is 1. The monoisotopic (exact) mass is 121 g/mol. The van der Waals surface area contributed by atoms with Gasteiger partial charge in [-0.3, -0.25) is 8.98 Å². The number of hydrogen-bond donors (Lipinski definition) is 1. The Kier molecular flexibility index (Phi) is 1.07. The second kappa shape index (κ2) is 1.59. The van der Waals surface area contributed by atoms with Crippen molar-refractivity contribution in [2.24, 2.45) is 0 Å². The molecule has 4 nitrogen and oxygen atoms in total. The molecule has 1 atom stereocenters. The van der Waals surface area contributed by atoms with Gasteiger partial charge in [0.15, 0.2) is 0 Å². The van der Waals surface area contributed by atoms with Gasteiger partial charge in [-0.05, 0) is 0 Å². The molecular formula is C2H3NO3S. The lowest BCUT2D eigenvalue weighted by Gasteiger charge is -1.78. The topological polar surface area (TPSA) is 55.4 Å². The fourth-order valence-corrected chi connectivity index (χ4v) is 0.777. The fourth-order valence-electron chi connectivity index (χ4n) is 0.259. The Morgan fingerprint density at radius 2 is 2.57 bits per heavy atom. The van der Waals surface area contributed by atoms with E-state index in [1.165, 1.54) is 0 Å². The van der Waals surface area contributed by atoms with E-state index in [2.05, 4.69) is 4.18 Å². The number of hydrogen-bond acceptors (Lipinski definition) is 3. The highest BCUT2D eigenvalue weighted by atomic mass is 32.2. The number of nitrogens with one attached hydrogen (secondary N) is 1. The molecule has 1 saturated heterocycles. The quantitative estimate of drug-likeness (QED) is 0.434. The van der Waals surface area contributed by atoms with E-state index in [4.69, 9.17) is 0 Å². The molecular weight excluding hydrogens is 118 g/mol. The summed E-state index contributed by atoms with van der Waals surface area (Å²) in [6.45, 7) is -0.0768. The smallest absolute Gasteiger partial charge is 0.264 e. The fraction of sp³-hybridized carbons (Fsp3) is 0.500. The lowest BCUT2D eigenvalue weighted by atomic mass is 10.7. The summed E-state index contributed by atoms with van der Waals surface area (Å²) in [5.41, 5.74) is 0. The van der Waals surface area contributed by atoms with Crippen LogP contribution in [-0.4, -0.2) is 16.7 Å². The molecule has 5 heteroatoms. The van der Waals surface area contributed by atoms with Crippen LogP contribution in [-0.2, 0) is 20.2 Å². The maximum Gasteiger partial charge on any atom is 0.264 e. The van der Waals surface area contributed by atoms with Crippen LogP contribution in [0.5, 0.6) is 0 Å². The number of carbonyl (C=O) groups excluding carboxylic acids is 1. The first-order valence-electron chi connectivity index (χ1n) is 1.63. The van der Waals surface area contributed by atoms with E-state index in [1.54, 1.807) is 0 Å². The van der Waals surface area contributed by atoms with Crippen molar-refractivity contribution in [2.45, 2.75) is 0 Å². The van der Waals surface area contributed by atoms with Crippen molar-refractivity contribution in [2.75, 3.05) is 6.61 Å². The average molecular weight is 121 g/mol. The van der Waals surface area contributed by atoms with Crippen LogP contribution < -0.4 is 4.72 Å². The van der Waals surface area contributed by atoms with Gasteiger partial charge in [0.05, 0.1) is 0 Å². The van der Waals surface area contributed by atoms with Crippen molar-refractivity contribution < 1.29 is 13.2 Å². The third-order valence-corrected chi connectivity index (χ3v) is 1.22. The van der Waals surface area contributed by atoms with Gasteiger partial charge in [0.2, 0.25) is 0 Å². The normalized spacial score (nSPS) is 30.3. The standard InChI is InChI=1S/C2H3NO3S/c4-2-1-6-7(5)3-2/h1H2,(H,3,4). The molecule has 0 aromatic heterocycles. The van der Waals surface area contributed by atoms with Crippen molar-refractivity contribution in [3.63, 3.8) is 0 Å². The first-order valence-corrected chi connectivity index (χ1v) is 2.71.